The van der Waals surface area contributed by atoms with Crippen molar-refractivity contribution >= 4 is 28.5 Å². The molecule has 3 aromatic rings. The molecule has 0 radical (unpaired) electrons. The third kappa shape index (κ3) is 3.05. The minimum absolute atomic E-state index is 0.616. The second-order valence-electron chi connectivity index (χ2n) is 4.96. The molecular weight excluding hydrogens is 260 g/mol. The minimum atomic E-state index is 0.616. The lowest BCUT2D eigenvalue weighted by atomic mass is 10.2. The Balaban J connectivity index is 1.83. The lowest BCUT2D eigenvalue weighted by molar-refractivity contribution is 1.13. The molecule has 4 heteroatoms. The number of aromatic nitrogens is 2. The van der Waals surface area contributed by atoms with Gasteiger partial charge >= 0.3 is 0 Å². The first-order chi connectivity index (χ1) is 10.2. The van der Waals surface area contributed by atoms with Gasteiger partial charge < -0.3 is 4.90 Å². The van der Waals surface area contributed by atoms with Gasteiger partial charge in [0.25, 0.3) is 0 Å². The summed E-state index contributed by atoms with van der Waals surface area (Å²) >= 11 is 0. The molecule has 4 nitrogen and oxygen atoms in total. The maximum absolute atomic E-state index is 4.47. The van der Waals surface area contributed by atoms with E-state index in [1.54, 1.807) is 6.21 Å². The Morgan fingerprint density at radius 3 is 2.52 bits per heavy atom. The molecule has 0 aliphatic carbocycles. The average Bonchev–Trinajstić information content (AvgIpc) is 2.53. The minimum Gasteiger partial charge on any atom is -0.378 e. The molecule has 0 amide bonds. The van der Waals surface area contributed by atoms with Crippen molar-refractivity contribution in [2.75, 3.05) is 19.0 Å². The van der Waals surface area contributed by atoms with Crippen LogP contribution in [-0.4, -0.2) is 30.3 Å². The van der Waals surface area contributed by atoms with E-state index in [1.165, 1.54) is 0 Å². The lowest BCUT2D eigenvalue weighted by Crippen LogP contribution is -2.07. The van der Waals surface area contributed by atoms with Gasteiger partial charge in [0.15, 0.2) is 5.82 Å². The first kappa shape index (κ1) is 13.2. The van der Waals surface area contributed by atoms with Crippen LogP contribution < -0.4 is 4.90 Å². The van der Waals surface area contributed by atoms with Crippen molar-refractivity contribution < 1.29 is 0 Å². The first-order valence-corrected chi connectivity index (χ1v) is 6.75. The summed E-state index contributed by atoms with van der Waals surface area (Å²) < 4.78 is 0. The molecular formula is C17H16N4. The van der Waals surface area contributed by atoms with Crippen LogP contribution in [-0.2, 0) is 0 Å². The van der Waals surface area contributed by atoms with Gasteiger partial charge in [0.1, 0.15) is 0 Å². The zero-order valence-corrected chi connectivity index (χ0v) is 12.1. The van der Waals surface area contributed by atoms with Crippen LogP contribution in [0.15, 0.2) is 59.7 Å². The number of para-hydroxylation sites is 1. The fourth-order valence-corrected chi connectivity index (χ4v) is 2.02. The van der Waals surface area contributed by atoms with Crippen molar-refractivity contribution in [2.45, 2.75) is 0 Å². The van der Waals surface area contributed by atoms with Gasteiger partial charge in [-0.3, -0.25) is 4.99 Å². The quantitative estimate of drug-likeness (QED) is 0.688. The molecule has 0 bridgehead atoms. The fourth-order valence-electron chi connectivity index (χ4n) is 2.02. The summed E-state index contributed by atoms with van der Waals surface area (Å²) in [4.78, 5) is 15.2. The van der Waals surface area contributed by atoms with E-state index in [0.29, 0.717) is 5.82 Å². The smallest absolute Gasteiger partial charge is 0.171 e. The van der Waals surface area contributed by atoms with Crippen LogP contribution in [0.25, 0.3) is 10.9 Å². The van der Waals surface area contributed by atoms with Gasteiger partial charge in [-0.25, -0.2) is 9.97 Å². The van der Waals surface area contributed by atoms with E-state index in [2.05, 4.69) is 19.9 Å². The Morgan fingerprint density at radius 2 is 1.76 bits per heavy atom. The van der Waals surface area contributed by atoms with Crippen LogP contribution in [0.4, 0.5) is 11.4 Å². The second kappa shape index (κ2) is 5.71. The Hall–Kier alpha value is -2.75. The highest BCUT2D eigenvalue weighted by Crippen LogP contribution is 2.18. The largest absolute Gasteiger partial charge is 0.378 e. The third-order valence-corrected chi connectivity index (χ3v) is 3.20. The molecule has 21 heavy (non-hydrogen) atoms. The molecule has 0 fully saturated rings. The van der Waals surface area contributed by atoms with E-state index in [-0.39, 0.29) is 0 Å². The third-order valence-electron chi connectivity index (χ3n) is 3.20. The van der Waals surface area contributed by atoms with E-state index >= 15 is 0 Å². The van der Waals surface area contributed by atoms with Gasteiger partial charge in [-0.1, -0.05) is 18.2 Å². The molecule has 0 aliphatic heterocycles. The van der Waals surface area contributed by atoms with Crippen LogP contribution in [0.5, 0.6) is 0 Å². The first-order valence-electron chi connectivity index (χ1n) is 6.75. The molecule has 104 valence electrons. The maximum Gasteiger partial charge on any atom is 0.171 e. The van der Waals surface area contributed by atoms with Crippen molar-refractivity contribution in [3.05, 3.63) is 60.6 Å². The zero-order valence-electron chi connectivity index (χ0n) is 12.1. The number of hydrogen-bond acceptors (Lipinski definition) is 4. The number of hydrogen-bond donors (Lipinski definition) is 0. The van der Waals surface area contributed by atoms with Crippen LogP contribution >= 0.6 is 0 Å². The Kier molecular flexibility index (Phi) is 3.60. The molecule has 0 N–H and O–H groups in total. The SMILES string of the molecule is CN(C)c1ccc(N=Cc2ncc3ccccc3n2)cc1. The predicted octanol–water partition coefficient (Wildman–Crippen LogP) is 3.45. The van der Waals surface area contributed by atoms with Crippen molar-refractivity contribution in [3.63, 3.8) is 0 Å². The zero-order chi connectivity index (χ0) is 14.7. The van der Waals surface area contributed by atoms with Crippen LogP contribution in [0, 0.1) is 0 Å². The highest BCUT2D eigenvalue weighted by Gasteiger charge is 1.97. The molecule has 0 saturated carbocycles. The van der Waals surface area contributed by atoms with Crippen molar-refractivity contribution in [3.8, 4) is 0 Å². The number of benzene rings is 2. The van der Waals surface area contributed by atoms with E-state index in [4.69, 9.17) is 0 Å². The number of rotatable bonds is 3. The molecule has 1 heterocycles. The number of anilines is 1. The maximum atomic E-state index is 4.47. The Labute approximate surface area is 123 Å². The Morgan fingerprint density at radius 1 is 1.00 bits per heavy atom. The molecule has 0 atom stereocenters. The van der Waals surface area contributed by atoms with Crippen LogP contribution in [0.2, 0.25) is 0 Å². The predicted molar refractivity (Wildman–Crippen MR) is 87.6 cm³/mol. The van der Waals surface area contributed by atoms with E-state index in [0.717, 1.165) is 22.3 Å². The van der Waals surface area contributed by atoms with Crippen molar-refractivity contribution in [1.82, 2.24) is 9.97 Å². The van der Waals surface area contributed by atoms with Gasteiger partial charge in [0, 0.05) is 31.4 Å². The summed E-state index contributed by atoms with van der Waals surface area (Å²) in [6.45, 7) is 0. The van der Waals surface area contributed by atoms with E-state index < -0.39 is 0 Å². The van der Waals surface area contributed by atoms with Gasteiger partial charge in [-0.15, -0.1) is 0 Å². The summed E-state index contributed by atoms with van der Waals surface area (Å²) in [6.07, 6.45) is 3.51. The molecule has 3 rings (SSSR count). The Bertz CT molecular complexity index is 776. The summed E-state index contributed by atoms with van der Waals surface area (Å²) in [5.41, 5.74) is 2.96. The van der Waals surface area contributed by atoms with Crippen LogP contribution in [0.3, 0.4) is 0 Å². The van der Waals surface area contributed by atoms with Gasteiger partial charge in [0.2, 0.25) is 0 Å². The molecule has 0 saturated heterocycles. The fraction of sp³-hybridized carbons (Fsp3) is 0.118. The molecule has 0 spiro atoms. The summed E-state index contributed by atoms with van der Waals surface area (Å²) in [7, 11) is 4.03. The van der Waals surface area contributed by atoms with Gasteiger partial charge in [0.05, 0.1) is 17.4 Å². The molecule has 0 unspecified atom stereocenters. The molecule has 1 aromatic heterocycles. The second-order valence-corrected chi connectivity index (χ2v) is 4.96. The normalized spacial score (nSPS) is 11.1. The van der Waals surface area contributed by atoms with Gasteiger partial charge in [-0.05, 0) is 30.3 Å². The number of nitrogens with zero attached hydrogens (tertiary/aromatic N) is 4. The molecule has 0 aliphatic rings. The highest BCUT2D eigenvalue weighted by molar-refractivity contribution is 5.83. The monoisotopic (exact) mass is 276 g/mol. The number of fused-ring (bicyclic) bond motifs is 1. The van der Waals surface area contributed by atoms with E-state index in [9.17, 15) is 0 Å². The number of aliphatic imine (C=N–C) groups is 1. The highest BCUT2D eigenvalue weighted by atomic mass is 15.1. The van der Waals surface area contributed by atoms with E-state index in [1.807, 2.05) is 68.8 Å². The summed E-state index contributed by atoms with van der Waals surface area (Å²) in [5, 5.41) is 1.03. The van der Waals surface area contributed by atoms with Gasteiger partial charge in [-0.2, -0.15) is 0 Å². The summed E-state index contributed by atoms with van der Waals surface area (Å²) in [5.74, 6) is 0.616. The van der Waals surface area contributed by atoms with Crippen molar-refractivity contribution in [1.29, 1.82) is 0 Å². The topological polar surface area (TPSA) is 41.4 Å². The standard InChI is InChI=1S/C17H16N4/c1-21(2)15-9-7-14(8-10-15)18-12-17-19-11-13-5-3-4-6-16(13)20-17/h3-12H,1-2H3. The van der Waals surface area contributed by atoms with Crippen molar-refractivity contribution in [2.24, 2.45) is 4.99 Å². The lowest BCUT2D eigenvalue weighted by Gasteiger charge is -2.11. The summed E-state index contributed by atoms with van der Waals surface area (Å²) in [6, 6.07) is 15.9. The molecule has 2 aromatic carbocycles. The average molecular weight is 276 g/mol. The van der Waals surface area contributed by atoms with Crippen LogP contribution in [0.1, 0.15) is 5.82 Å².